The van der Waals surface area contributed by atoms with Crippen LogP contribution in [0.3, 0.4) is 0 Å². The zero-order valence-electron chi connectivity index (χ0n) is 7.52. The standard InChI is InChI=1S/C9H14BrN3/c10-7-6-8(11)12-9(7)13-4-2-1-3-5-13/h6,12H,1-5,11H2. The van der Waals surface area contributed by atoms with Gasteiger partial charge in [-0.3, -0.25) is 0 Å². The van der Waals surface area contributed by atoms with Crippen molar-refractivity contribution in [2.75, 3.05) is 23.7 Å². The first-order chi connectivity index (χ1) is 6.27. The van der Waals surface area contributed by atoms with Crippen molar-refractivity contribution in [2.24, 2.45) is 0 Å². The van der Waals surface area contributed by atoms with Crippen LogP contribution in [-0.4, -0.2) is 18.1 Å². The lowest BCUT2D eigenvalue weighted by atomic mass is 10.1. The van der Waals surface area contributed by atoms with Crippen molar-refractivity contribution in [1.82, 2.24) is 4.98 Å². The van der Waals surface area contributed by atoms with Gasteiger partial charge in [-0.2, -0.15) is 0 Å². The average Bonchev–Trinajstić information content (AvgIpc) is 2.47. The molecular formula is C9H14BrN3. The lowest BCUT2D eigenvalue weighted by Crippen LogP contribution is -2.29. The molecule has 72 valence electrons. The molecule has 4 heteroatoms. The number of aromatic nitrogens is 1. The highest BCUT2D eigenvalue weighted by Crippen LogP contribution is 2.29. The summed E-state index contributed by atoms with van der Waals surface area (Å²) in [6.45, 7) is 2.27. The third-order valence-electron chi connectivity index (χ3n) is 2.44. The first kappa shape index (κ1) is 8.94. The molecule has 1 saturated heterocycles. The number of hydrogen-bond donors (Lipinski definition) is 2. The summed E-state index contributed by atoms with van der Waals surface area (Å²) in [4.78, 5) is 5.52. The van der Waals surface area contributed by atoms with E-state index in [1.165, 1.54) is 19.3 Å². The van der Waals surface area contributed by atoms with Crippen molar-refractivity contribution in [3.8, 4) is 0 Å². The monoisotopic (exact) mass is 243 g/mol. The van der Waals surface area contributed by atoms with Gasteiger partial charge >= 0.3 is 0 Å². The Balaban J connectivity index is 2.18. The lowest BCUT2D eigenvalue weighted by molar-refractivity contribution is 0.574. The van der Waals surface area contributed by atoms with Crippen molar-refractivity contribution in [3.63, 3.8) is 0 Å². The van der Waals surface area contributed by atoms with Crippen molar-refractivity contribution in [2.45, 2.75) is 19.3 Å². The van der Waals surface area contributed by atoms with E-state index < -0.39 is 0 Å². The molecule has 0 unspecified atom stereocenters. The number of hydrogen-bond acceptors (Lipinski definition) is 2. The van der Waals surface area contributed by atoms with E-state index in [0.717, 1.165) is 29.2 Å². The number of rotatable bonds is 1. The number of nitrogens with one attached hydrogen (secondary N) is 1. The Morgan fingerprint density at radius 2 is 2.00 bits per heavy atom. The zero-order valence-corrected chi connectivity index (χ0v) is 9.10. The molecule has 2 rings (SSSR count). The number of nitrogens with zero attached hydrogens (tertiary/aromatic N) is 1. The Morgan fingerprint density at radius 1 is 1.31 bits per heavy atom. The molecule has 1 aromatic heterocycles. The van der Waals surface area contributed by atoms with Gasteiger partial charge in [-0.05, 0) is 41.3 Å². The predicted octanol–water partition coefficient (Wildman–Crippen LogP) is 2.35. The largest absolute Gasteiger partial charge is 0.385 e. The number of piperidine rings is 1. The Kier molecular flexibility index (Phi) is 2.49. The van der Waals surface area contributed by atoms with Crippen molar-refractivity contribution < 1.29 is 0 Å². The first-order valence-corrected chi connectivity index (χ1v) is 5.45. The van der Waals surface area contributed by atoms with E-state index in [-0.39, 0.29) is 0 Å². The van der Waals surface area contributed by atoms with Gasteiger partial charge in [0.05, 0.1) is 4.47 Å². The normalized spacial score (nSPS) is 17.8. The van der Waals surface area contributed by atoms with Gasteiger partial charge in [0.1, 0.15) is 11.6 Å². The molecule has 13 heavy (non-hydrogen) atoms. The molecule has 1 aliphatic rings. The average molecular weight is 244 g/mol. The van der Waals surface area contributed by atoms with Gasteiger partial charge in [0.2, 0.25) is 0 Å². The maximum Gasteiger partial charge on any atom is 0.122 e. The van der Waals surface area contributed by atoms with Crippen molar-refractivity contribution in [1.29, 1.82) is 0 Å². The van der Waals surface area contributed by atoms with E-state index in [4.69, 9.17) is 5.73 Å². The fourth-order valence-corrected chi connectivity index (χ4v) is 2.38. The Morgan fingerprint density at radius 3 is 2.54 bits per heavy atom. The van der Waals surface area contributed by atoms with E-state index in [1.54, 1.807) is 0 Å². The van der Waals surface area contributed by atoms with E-state index in [1.807, 2.05) is 6.07 Å². The molecule has 2 heterocycles. The van der Waals surface area contributed by atoms with Crippen molar-refractivity contribution >= 4 is 27.6 Å². The third kappa shape index (κ3) is 1.82. The topological polar surface area (TPSA) is 45.0 Å². The lowest BCUT2D eigenvalue weighted by Gasteiger charge is -2.27. The molecule has 1 fully saturated rings. The van der Waals surface area contributed by atoms with Crippen molar-refractivity contribution in [3.05, 3.63) is 10.5 Å². The SMILES string of the molecule is Nc1cc(Br)c(N2CCCCC2)[nH]1. The van der Waals surface area contributed by atoms with Gasteiger partial charge in [0.25, 0.3) is 0 Å². The minimum absolute atomic E-state index is 0.729. The van der Waals surface area contributed by atoms with Gasteiger partial charge < -0.3 is 15.6 Å². The van der Waals surface area contributed by atoms with Crippen LogP contribution in [0.1, 0.15) is 19.3 Å². The fourth-order valence-electron chi connectivity index (χ4n) is 1.79. The second-order valence-electron chi connectivity index (χ2n) is 3.47. The van der Waals surface area contributed by atoms with Gasteiger partial charge in [-0.25, -0.2) is 0 Å². The number of aromatic amines is 1. The Hall–Kier alpha value is -0.640. The molecular weight excluding hydrogens is 230 g/mol. The summed E-state index contributed by atoms with van der Waals surface area (Å²) >= 11 is 3.50. The molecule has 0 amide bonds. The summed E-state index contributed by atoms with van der Waals surface area (Å²) in [5, 5.41) is 0. The Bertz CT molecular complexity index is 289. The predicted molar refractivity (Wildman–Crippen MR) is 59.0 cm³/mol. The number of nitrogen functional groups attached to an aromatic ring is 1. The molecule has 3 N–H and O–H groups in total. The molecule has 0 atom stereocenters. The van der Waals surface area contributed by atoms with E-state index >= 15 is 0 Å². The molecule has 0 spiro atoms. The van der Waals surface area contributed by atoms with Gasteiger partial charge in [-0.1, -0.05) is 0 Å². The number of halogens is 1. The number of nitrogens with two attached hydrogens (primary N) is 1. The van der Waals surface area contributed by atoms with E-state index in [2.05, 4.69) is 25.8 Å². The summed E-state index contributed by atoms with van der Waals surface area (Å²) in [6, 6.07) is 1.92. The smallest absolute Gasteiger partial charge is 0.122 e. The molecule has 0 radical (unpaired) electrons. The summed E-state index contributed by atoms with van der Waals surface area (Å²) in [6.07, 6.45) is 3.92. The van der Waals surface area contributed by atoms with Crippen LogP contribution in [-0.2, 0) is 0 Å². The highest BCUT2D eigenvalue weighted by Gasteiger charge is 2.15. The van der Waals surface area contributed by atoms with Crippen LogP contribution in [0.15, 0.2) is 10.5 Å². The quantitative estimate of drug-likeness (QED) is 0.796. The van der Waals surface area contributed by atoms with Crippen LogP contribution < -0.4 is 10.6 Å². The summed E-state index contributed by atoms with van der Waals surface area (Å²) in [5.74, 6) is 1.87. The van der Waals surface area contributed by atoms with Crippen LogP contribution in [0.25, 0.3) is 0 Å². The number of anilines is 2. The number of H-pyrrole nitrogens is 1. The van der Waals surface area contributed by atoms with Gasteiger partial charge in [-0.15, -0.1) is 0 Å². The Labute approximate surface area is 86.4 Å². The maximum absolute atomic E-state index is 5.67. The van der Waals surface area contributed by atoms with Gasteiger partial charge in [0.15, 0.2) is 0 Å². The highest BCUT2D eigenvalue weighted by molar-refractivity contribution is 9.10. The van der Waals surface area contributed by atoms with E-state index in [9.17, 15) is 0 Å². The minimum atomic E-state index is 0.729. The molecule has 0 bridgehead atoms. The van der Waals surface area contributed by atoms with Crippen LogP contribution in [0, 0.1) is 0 Å². The molecule has 3 nitrogen and oxygen atoms in total. The van der Waals surface area contributed by atoms with Gasteiger partial charge in [0, 0.05) is 13.1 Å². The van der Waals surface area contributed by atoms with Crippen LogP contribution in [0.4, 0.5) is 11.6 Å². The fraction of sp³-hybridized carbons (Fsp3) is 0.556. The summed E-state index contributed by atoms with van der Waals surface area (Å²) < 4.78 is 1.08. The third-order valence-corrected chi connectivity index (χ3v) is 3.05. The minimum Gasteiger partial charge on any atom is -0.385 e. The first-order valence-electron chi connectivity index (χ1n) is 4.66. The van der Waals surface area contributed by atoms with E-state index in [0.29, 0.717) is 0 Å². The highest BCUT2D eigenvalue weighted by atomic mass is 79.9. The second-order valence-corrected chi connectivity index (χ2v) is 4.32. The van der Waals surface area contributed by atoms with Crippen LogP contribution >= 0.6 is 15.9 Å². The molecule has 0 aliphatic carbocycles. The second kappa shape index (κ2) is 3.62. The maximum atomic E-state index is 5.67. The molecule has 0 saturated carbocycles. The molecule has 1 aromatic rings. The molecule has 0 aromatic carbocycles. The zero-order chi connectivity index (χ0) is 9.26. The summed E-state index contributed by atoms with van der Waals surface area (Å²) in [7, 11) is 0. The molecule has 1 aliphatic heterocycles. The summed E-state index contributed by atoms with van der Waals surface area (Å²) in [5.41, 5.74) is 5.67. The van der Waals surface area contributed by atoms with Crippen LogP contribution in [0.5, 0.6) is 0 Å². The van der Waals surface area contributed by atoms with Crippen LogP contribution in [0.2, 0.25) is 0 Å².